The molecular formula is C19H20FN5OS. The van der Waals surface area contributed by atoms with E-state index >= 15 is 0 Å². The van der Waals surface area contributed by atoms with Crippen molar-refractivity contribution in [3.05, 3.63) is 46.5 Å². The van der Waals surface area contributed by atoms with E-state index in [1.165, 1.54) is 17.8 Å². The van der Waals surface area contributed by atoms with E-state index < -0.39 is 0 Å². The van der Waals surface area contributed by atoms with Crippen LogP contribution >= 0.6 is 11.8 Å². The first-order valence-corrected chi connectivity index (χ1v) is 10.1. The van der Waals surface area contributed by atoms with E-state index in [4.69, 9.17) is 0 Å². The molecule has 1 aromatic carbocycles. The minimum Gasteiger partial charge on any atom is -0.309 e. The summed E-state index contributed by atoms with van der Waals surface area (Å²) in [5.41, 5.74) is 3.71. The number of anilines is 1. The van der Waals surface area contributed by atoms with E-state index in [2.05, 4.69) is 15.1 Å². The molecule has 0 bridgehead atoms. The Labute approximate surface area is 160 Å². The summed E-state index contributed by atoms with van der Waals surface area (Å²) in [6.07, 6.45) is 3.68. The number of hydrogen-bond acceptors (Lipinski definition) is 5. The molecule has 0 saturated heterocycles. The highest BCUT2D eigenvalue weighted by atomic mass is 32.2. The van der Waals surface area contributed by atoms with Crippen molar-refractivity contribution >= 4 is 29.1 Å². The molecule has 140 valence electrons. The number of rotatable bonds is 3. The van der Waals surface area contributed by atoms with Gasteiger partial charge in [-0.3, -0.25) is 4.79 Å². The molecule has 0 unspecified atom stereocenters. The van der Waals surface area contributed by atoms with Crippen LogP contribution in [-0.4, -0.2) is 38.3 Å². The molecule has 1 amide bonds. The summed E-state index contributed by atoms with van der Waals surface area (Å²) in [6, 6.07) is 5.00. The van der Waals surface area contributed by atoms with Gasteiger partial charge >= 0.3 is 0 Å². The number of hydrogen-bond donors (Lipinski definition) is 0. The van der Waals surface area contributed by atoms with Crippen molar-refractivity contribution in [3.8, 4) is 0 Å². The summed E-state index contributed by atoms with van der Waals surface area (Å²) in [7, 11) is 0. The molecule has 1 aliphatic rings. The summed E-state index contributed by atoms with van der Waals surface area (Å²) in [5.74, 6) is 0.0574. The third-order valence-electron chi connectivity index (χ3n) is 5.01. The Bertz CT molecular complexity index is 1050. The minimum atomic E-state index is -0.344. The molecule has 4 rings (SSSR count). The van der Waals surface area contributed by atoms with Gasteiger partial charge in [0, 0.05) is 23.5 Å². The van der Waals surface area contributed by atoms with Crippen molar-refractivity contribution in [2.75, 3.05) is 17.7 Å². The Morgan fingerprint density at radius 3 is 2.89 bits per heavy atom. The lowest BCUT2D eigenvalue weighted by atomic mass is 10.00. The molecule has 3 heterocycles. The Balaban J connectivity index is 1.70. The second-order valence-electron chi connectivity index (χ2n) is 6.64. The molecule has 0 radical (unpaired) electrons. The summed E-state index contributed by atoms with van der Waals surface area (Å²) in [4.78, 5) is 23.5. The van der Waals surface area contributed by atoms with Gasteiger partial charge in [0.05, 0.1) is 12.1 Å². The predicted molar refractivity (Wildman–Crippen MR) is 103 cm³/mol. The molecule has 8 heteroatoms. The van der Waals surface area contributed by atoms with Crippen LogP contribution in [0.25, 0.3) is 5.78 Å². The van der Waals surface area contributed by atoms with Crippen LogP contribution in [-0.2, 0) is 17.6 Å². The average Bonchev–Trinajstić information content (AvgIpc) is 3.08. The Hall–Kier alpha value is -2.48. The monoisotopic (exact) mass is 385 g/mol. The van der Waals surface area contributed by atoms with E-state index in [9.17, 15) is 9.18 Å². The van der Waals surface area contributed by atoms with Crippen LogP contribution in [0.4, 0.5) is 10.1 Å². The highest BCUT2D eigenvalue weighted by Gasteiger charge is 2.27. The van der Waals surface area contributed by atoms with Crippen LogP contribution in [0.5, 0.6) is 0 Å². The van der Waals surface area contributed by atoms with Gasteiger partial charge in [0.15, 0.2) is 0 Å². The van der Waals surface area contributed by atoms with Gasteiger partial charge in [0.25, 0.3) is 5.78 Å². The lowest BCUT2D eigenvalue weighted by molar-refractivity contribution is -0.118. The van der Waals surface area contributed by atoms with Gasteiger partial charge in [-0.2, -0.15) is 4.98 Å². The van der Waals surface area contributed by atoms with Crippen LogP contribution in [0.15, 0.2) is 23.4 Å². The molecule has 27 heavy (non-hydrogen) atoms. The van der Waals surface area contributed by atoms with E-state index in [1.807, 2.05) is 26.2 Å². The zero-order valence-electron chi connectivity index (χ0n) is 15.5. The largest absolute Gasteiger partial charge is 0.309 e. The van der Waals surface area contributed by atoms with E-state index in [-0.39, 0.29) is 18.1 Å². The van der Waals surface area contributed by atoms with Crippen LogP contribution < -0.4 is 4.90 Å². The SMILES string of the molecule is CSc1nc2nc(C)c(CC(=O)N3CCCc4cccc(F)c43)c(C)n2n1. The number of aromatic nitrogens is 4. The second kappa shape index (κ2) is 6.92. The maximum Gasteiger partial charge on any atom is 0.253 e. The topological polar surface area (TPSA) is 63.4 Å². The van der Waals surface area contributed by atoms with Crippen LogP contribution in [0.3, 0.4) is 0 Å². The maximum atomic E-state index is 14.4. The average molecular weight is 385 g/mol. The normalized spacial score (nSPS) is 13.9. The number of thioether (sulfide) groups is 1. The Kier molecular flexibility index (Phi) is 4.59. The molecule has 0 atom stereocenters. The maximum absolute atomic E-state index is 14.4. The van der Waals surface area contributed by atoms with Crippen LogP contribution in [0.2, 0.25) is 0 Å². The summed E-state index contributed by atoms with van der Waals surface area (Å²) < 4.78 is 16.1. The first-order valence-electron chi connectivity index (χ1n) is 8.84. The number of para-hydroxylation sites is 1. The van der Waals surface area contributed by atoms with Crippen molar-refractivity contribution in [3.63, 3.8) is 0 Å². The molecule has 2 aromatic heterocycles. The summed E-state index contributed by atoms with van der Waals surface area (Å²) >= 11 is 1.45. The number of halogens is 1. The first kappa shape index (κ1) is 17.9. The van der Waals surface area contributed by atoms with E-state index in [0.717, 1.165) is 35.4 Å². The fourth-order valence-electron chi connectivity index (χ4n) is 3.63. The number of aryl methyl sites for hydroxylation is 3. The van der Waals surface area contributed by atoms with Gasteiger partial charge in [-0.05, 0) is 44.6 Å². The fourth-order valence-corrected chi connectivity index (χ4v) is 3.97. The van der Waals surface area contributed by atoms with Gasteiger partial charge in [-0.15, -0.1) is 5.10 Å². The number of amides is 1. The molecule has 6 nitrogen and oxygen atoms in total. The molecule has 0 aliphatic carbocycles. The summed E-state index contributed by atoms with van der Waals surface area (Å²) in [6.45, 7) is 4.31. The zero-order chi connectivity index (χ0) is 19.1. The summed E-state index contributed by atoms with van der Waals surface area (Å²) in [5, 5.41) is 5.06. The zero-order valence-corrected chi connectivity index (χ0v) is 16.3. The van der Waals surface area contributed by atoms with Crippen LogP contribution in [0.1, 0.15) is 28.9 Å². The fraction of sp³-hybridized carbons (Fsp3) is 0.368. The Morgan fingerprint density at radius 2 is 2.11 bits per heavy atom. The Morgan fingerprint density at radius 1 is 1.30 bits per heavy atom. The number of nitrogens with zero attached hydrogens (tertiary/aromatic N) is 5. The molecule has 3 aromatic rings. The number of benzene rings is 1. The van der Waals surface area contributed by atoms with Crippen molar-refractivity contribution in [2.45, 2.75) is 38.3 Å². The first-order chi connectivity index (χ1) is 13.0. The van der Waals surface area contributed by atoms with Gasteiger partial charge in [-0.25, -0.2) is 13.9 Å². The van der Waals surface area contributed by atoms with Crippen molar-refractivity contribution in [1.82, 2.24) is 19.6 Å². The molecule has 0 spiro atoms. The predicted octanol–water partition coefficient (Wildman–Crippen LogP) is 3.12. The van der Waals surface area contributed by atoms with Gasteiger partial charge < -0.3 is 4.90 Å². The molecule has 0 fully saturated rings. The smallest absolute Gasteiger partial charge is 0.253 e. The molecule has 0 saturated carbocycles. The molecule has 0 N–H and O–H groups in total. The molecule has 1 aliphatic heterocycles. The minimum absolute atomic E-state index is 0.126. The van der Waals surface area contributed by atoms with E-state index in [1.54, 1.807) is 15.5 Å². The van der Waals surface area contributed by atoms with Gasteiger partial charge in [0.1, 0.15) is 5.82 Å². The lowest BCUT2D eigenvalue weighted by Crippen LogP contribution is -2.37. The third kappa shape index (κ3) is 3.07. The van der Waals surface area contributed by atoms with E-state index in [0.29, 0.717) is 23.2 Å². The number of fused-ring (bicyclic) bond motifs is 2. The van der Waals surface area contributed by atoms with Gasteiger partial charge in [0.2, 0.25) is 11.1 Å². The molecular weight excluding hydrogens is 365 g/mol. The number of carbonyl (C=O) groups excluding carboxylic acids is 1. The number of carbonyl (C=O) groups is 1. The van der Waals surface area contributed by atoms with Crippen molar-refractivity contribution in [2.24, 2.45) is 0 Å². The highest BCUT2D eigenvalue weighted by Crippen LogP contribution is 2.30. The standard InChI is InChI=1S/C19H20FN5OS/c1-11-14(12(2)25-18(21-11)22-19(23-25)27-3)10-16(26)24-9-5-7-13-6-4-8-15(20)17(13)24/h4,6,8H,5,7,9-10H2,1-3H3. The van der Waals surface area contributed by atoms with Gasteiger partial charge in [-0.1, -0.05) is 23.9 Å². The van der Waals surface area contributed by atoms with Crippen LogP contribution in [0, 0.1) is 19.7 Å². The lowest BCUT2D eigenvalue weighted by Gasteiger charge is -2.30. The highest BCUT2D eigenvalue weighted by molar-refractivity contribution is 7.98. The third-order valence-corrected chi connectivity index (χ3v) is 5.55. The second-order valence-corrected chi connectivity index (χ2v) is 7.42. The van der Waals surface area contributed by atoms with Crippen molar-refractivity contribution in [1.29, 1.82) is 0 Å². The quantitative estimate of drug-likeness (QED) is 0.648. The van der Waals surface area contributed by atoms with Crippen molar-refractivity contribution < 1.29 is 9.18 Å².